The number of aromatic nitrogens is 4. The van der Waals surface area contributed by atoms with Gasteiger partial charge in [0.25, 0.3) is 0 Å². The van der Waals surface area contributed by atoms with Crippen molar-refractivity contribution in [2.45, 2.75) is 32.9 Å². The van der Waals surface area contributed by atoms with Crippen molar-refractivity contribution in [3.63, 3.8) is 0 Å². The van der Waals surface area contributed by atoms with Crippen LogP contribution in [-0.4, -0.2) is 19.6 Å². The molecule has 2 aromatic heterocycles. The topological polar surface area (TPSA) is 73.7 Å². The lowest BCUT2D eigenvalue weighted by atomic mass is 10.1. The Kier molecular flexibility index (Phi) is 4.24. The van der Waals surface area contributed by atoms with Crippen LogP contribution in [0.1, 0.15) is 37.0 Å². The van der Waals surface area contributed by atoms with Crippen molar-refractivity contribution in [2.75, 3.05) is 0 Å². The van der Waals surface area contributed by atoms with E-state index in [1.54, 1.807) is 10.9 Å². The third-order valence-corrected chi connectivity index (χ3v) is 3.49. The van der Waals surface area contributed by atoms with Gasteiger partial charge in [0.05, 0.1) is 28.3 Å². The molecular weight excluding hydrogens is 264 g/mol. The molecule has 2 aromatic rings. The van der Waals surface area contributed by atoms with Crippen LogP contribution in [0.5, 0.6) is 0 Å². The highest BCUT2D eigenvalue weighted by molar-refractivity contribution is 6.31. The second kappa shape index (κ2) is 5.73. The van der Waals surface area contributed by atoms with Crippen LogP contribution in [0, 0.1) is 0 Å². The molecule has 0 saturated heterocycles. The smallest absolute Gasteiger partial charge is 0.106 e. The van der Waals surface area contributed by atoms with Gasteiger partial charge in [-0.05, 0) is 19.4 Å². The van der Waals surface area contributed by atoms with E-state index in [4.69, 9.17) is 17.4 Å². The van der Waals surface area contributed by atoms with E-state index < -0.39 is 0 Å². The fourth-order valence-electron chi connectivity index (χ4n) is 2.19. The van der Waals surface area contributed by atoms with E-state index in [9.17, 15) is 0 Å². The number of hydrogen-bond donors (Lipinski definition) is 2. The van der Waals surface area contributed by atoms with E-state index in [2.05, 4.69) is 28.6 Å². The van der Waals surface area contributed by atoms with Crippen molar-refractivity contribution >= 4 is 11.6 Å². The van der Waals surface area contributed by atoms with E-state index in [0.29, 0.717) is 5.02 Å². The Morgan fingerprint density at radius 2 is 2.21 bits per heavy atom. The van der Waals surface area contributed by atoms with Crippen LogP contribution >= 0.6 is 11.6 Å². The second-order valence-electron chi connectivity index (χ2n) is 4.33. The van der Waals surface area contributed by atoms with Gasteiger partial charge < -0.3 is 0 Å². The summed E-state index contributed by atoms with van der Waals surface area (Å²) in [6, 6.07) is 1.82. The molecule has 0 fully saturated rings. The van der Waals surface area contributed by atoms with Crippen LogP contribution in [0.4, 0.5) is 0 Å². The van der Waals surface area contributed by atoms with Gasteiger partial charge in [0, 0.05) is 13.6 Å². The van der Waals surface area contributed by atoms with Crippen molar-refractivity contribution in [2.24, 2.45) is 12.9 Å². The highest BCUT2D eigenvalue weighted by Gasteiger charge is 2.23. The van der Waals surface area contributed by atoms with Gasteiger partial charge in [-0.2, -0.15) is 10.2 Å². The maximum absolute atomic E-state index is 6.20. The second-order valence-corrected chi connectivity index (χ2v) is 4.74. The summed E-state index contributed by atoms with van der Waals surface area (Å²) in [5, 5.41) is 9.28. The summed E-state index contributed by atoms with van der Waals surface area (Å²) >= 11 is 6.20. The number of halogens is 1. The molecular formula is C12H19ClN6. The molecule has 0 amide bonds. The molecule has 104 valence electrons. The Labute approximate surface area is 117 Å². The zero-order valence-corrected chi connectivity index (χ0v) is 12.1. The fraction of sp³-hybridized carbons (Fsp3) is 0.500. The third-order valence-electron chi connectivity index (χ3n) is 3.20. The Hall–Kier alpha value is -1.37. The zero-order chi connectivity index (χ0) is 14.0. The molecule has 0 aliphatic carbocycles. The predicted octanol–water partition coefficient (Wildman–Crippen LogP) is 1.41. The van der Waals surface area contributed by atoms with E-state index in [0.717, 1.165) is 30.0 Å². The van der Waals surface area contributed by atoms with Gasteiger partial charge in [0.1, 0.15) is 6.04 Å². The van der Waals surface area contributed by atoms with Crippen LogP contribution < -0.4 is 11.3 Å². The summed E-state index contributed by atoms with van der Waals surface area (Å²) in [6.45, 7) is 4.91. The lowest BCUT2D eigenvalue weighted by molar-refractivity contribution is 0.514. The number of rotatable bonds is 5. The zero-order valence-electron chi connectivity index (χ0n) is 11.4. The first-order valence-corrected chi connectivity index (χ1v) is 6.70. The van der Waals surface area contributed by atoms with Crippen molar-refractivity contribution in [1.82, 2.24) is 25.0 Å². The van der Waals surface area contributed by atoms with Crippen LogP contribution in [0.2, 0.25) is 5.02 Å². The molecule has 1 atom stereocenters. The highest BCUT2D eigenvalue weighted by atomic mass is 35.5. The molecule has 0 saturated carbocycles. The molecule has 0 spiro atoms. The molecule has 0 aliphatic rings. The third kappa shape index (κ3) is 2.51. The van der Waals surface area contributed by atoms with Crippen molar-refractivity contribution in [1.29, 1.82) is 0 Å². The van der Waals surface area contributed by atoms with Crippen LogP contribution in [0.3, 0.4) is 0 Å². The number of aryl methyl sites for hydroxylation is 3. The molecule has 2 rings (SSSR count). The van der Waals surface area contributed by atoms with Crippen molar-refractivity contribution in [3.05, 3.63) is 34.4 Å². The number of hydrogen-bond acceptors (Lipinski definition) is 4. The summed E-state index contributed by atoms with van der Waals surface area (Å²) in [5.41, 5.74) is 5.67. The average Bonchev–Trinajstić information content (AvgIpc) is 2.97. The summed E-state index contributed by atoms with van der Waals surface area (Å²) in [6.07, 6.45) is 2.50. The van der Waals surface area contributed by atoms with Gasteiger partial charge in [-0.3, -0.25) is 15.2 Å². The predicted molar refractivity (Wildman–Crippen MR) is 74.7 cm³/mol. The van der Waals surface area contributed by atoms with E-state index in [1.807, 2.05) is 18.7 Å². The first-order valence-electron chi connectivity index (χ1n) is 6.32. The first-order chi connectivity index (χ1) is 9.12. The van der Waals surface area contributed by atoms with Crippen LogP contribution in [0.25, 0.3) is 0 Å². The molecule has 19 heavy (non-hydrogen) atoms. The molecule has 7 heteroatoms. The number of hydrazine groups is 1. The minimum absolute atomic E-state index is 0.229. The molecule has 2 heterocycles. The average molecular weight is 283 g/mol. The lowest BCUT2D eigenvalue weighted by Crippen LogP contribution is -2.32. The minimum atomic E-state index is -0.229. The lowest BCUT2D eigenvalue weighted by Gasteiger charge is -2.18. The van der Waals surface area contributed by atoms with Crippen LogP contribution in [0.15, 0.2) is 12.3 Å². The number of nitrogens with two attached hydrogens (primary N) is 1. The number of nitrogens with zero attached hydrogens (tertiary/aromatic N) is 4. The Balaban J connectivity index is 2.50. The highest BCUT2D eigenvalue weighted by Crippen LogP contribution is 2.27. The SMILES string of the molecule is CCc1cc(C(NN)c2c(Cl)cnn2C)n(CC)n1. The van der Waals surface area contributed by atoms with E-state index in [1.165, 1.54) is 0 Å². The standard InChI is InChI=1S/C12H19ClN6/c1-4-8-6-10(19(5-2)17-8)11(16-14)12-9(13)7-15-18(12)3/h6-7,11,16H,4-5,14H2,1-3H3. The maximum atomic E-state index is 6.20. The molecule has 0 aliphatic heterocycles. The van der Waals surface area contributed by atoms with Gasteiger partial charge >= 0.3 is 0 Å². The van der Waals surface area contributed by atoms with Gasteiger partial charge in [0.15, 0.2) is 0 Å². The summed E-state index contributed by atoms with van der Waals surface area (Å²) in [7, 11) is 1.85. The largest absolute Gasteiger partial charge is 0.270 e. The van der Waals surface area contributed by atoms with Crippen LogP contribution in [-0.2, 0) is 20.0 Å². The van der Waals surface area contributed by atoms with Gasteiger partial charge in [-0.25, -0.2) is 5.43 Å². The van der Waals surface area contributed by atoms with Gasteiger partial charge in [0.2, 0.25) is 0 Å². The normalized spacial score (nSPS) is 12.9. The summed E-state index contributed by atoms with van der Waals surface area (Å²) in [5.74, 6) is 5.72. The molecule has 0 aromatic carbocycles. The van der Waals surface area contributed by atoms with Crippen molar-refractivity contribution in [3.8, 4) is 0 Å². The monoisotopic (exact) mass is 282 g/mol. The molecule has 1 unspecified atom stereocenters. The fourth-order valence-corrected chi connectivity index (χ4v) is 2.47. The number of nitrogens with one attached hydrogen (secondary N) is 1. The quantitative estimate of drug-likeness (QED) is 0.642. The molecule has 6 nitrogen and oxygen atoms in total. The summed E-state index contributed by atoms with van der Waals surface area (Å²) in [4.78, 5) is 0. The Bertz CT molecular complexity index is 539. The van der Waals surface area contributed by atoms with Gasteiger partial charge in [-0.15, -0.1) is 0 Å². The Morgan fingerprint density at radius 1 is 1.47 bits per heavy atom. The van der Waals surface area contributed by atoms with E-state index in [-0.39, 0.29) is 6.04 Å². The summed E-state index contributed by atoms with van der Waals surface area (Å²) < 4.78 is 3.66. The Morgan fingerprint density at radius 3 is 2.68 bits per heavy atom. The molecule has 0 bridgehead atoms. The van der Waals surface area contributed by atoms with Crippen molar-refractivity contribution < 1.29 is 0 Å². The first kappa shape index (κ1) is 14.0. The molecule has 0 radical (unpaired) electrons. The molecule has 3 N–H and O–H groups in total. The maximum Gasteiger partial charge on any atom is 0.106 e. The van der Waals surface area contributed by atoms with Gasteiger partial charge in [-0.1, -0.05) is 18.5 Å². The van der Waals surface area contributed by atoms with E-state index >= 15 is 0 Å². The minimum Gasteiger partial charge on any atom is -0.270 e.